The first kappa shape index (κ1) is 24.1. The summed E-state index contributed by atoms with van der Waals surface area (Å²) in [4.78, 5) is 18.9. The summed E-state index contributed by atoms with van der Waals surface area (Å²) < 4.78 is 5.75. The molecule has 1 saturated heterocycles. The van der Waals surface area contributed by atoms with E-state index < -0.39 is 0 Å². The van der Waals surface area contributed by atoms with E-state index in [-0.39, 0.29) is 12.1 Å². The summed E-state index contributed by atoms with van der Waals surface area (Å²) in [7, 11) is 0. The van der Waals surface area contributed by atoms with Crippen LogP contribution in [-0.4, -0.2) is 41.7 Å². The molecule has 0 unspecified atom stereocenters. The molecular formula is C27H30N4O2S. The number of aryl methyl sites for hydroxylation is 1. The third-order valence-corrected chi connectivity index (χ3v) is 7.27. The molecular weight excluding hydrogens is 444 g/mol. The van der Waals surface area contributed by atoms with Crippen LogP contribution in [0.3, 0.4) is 0 Å². The quantitative estimate of drug-likeness (QED) is 0.344. The summed E-state index contributed by atoms with van der Waals surface area (Å²) in [6.45, 7) is 8.79. The lowest BCUT2D eigenvalue weighted by molar-refractivity contribution is 0.242. The first-order valence-electron chi connectivity index (χ1n) is 11.8. The van der Waals surface area contributed by atoms with Crippen molar-refractivity contribution in [3.8, 4) is 32.8 Å². The average molecular weight is 475 g/mol. The topological polar surface area (TPSA) is 78.6 Å². The van der Waals surface area contributed by atoms with Crippen LogP contribution < -0.4 is 4.74 Å². The Bertz CT molecular complexity index is 1200. The number of hydrogen-bond donors (Lipinski definition) is 0. The summed E-state index contributed by atoms with van der Waals surface area (Å²) in [6, 6.07) is 14.3. The molecule has 1 aliphatic rings. The third kappa shape index (κ3) is 5.52. The predicted molar refractivity (Wildman–Crippen MR) is 137 cm³/mol. The largest absolute Gasteiger partial charge is 0.490 e. The minimum absolute atomic E-state index is 0.0118. The van der Waals surface area contributed by atoms with Gasteiger partial charge < -0.3 is 9.64 Å². The van der Waals surface area contributed by atoms with E-state index in [0.29, 0.717) is 11.3 Å². The number of aromatic nitrogens is 1. The summed E-state index contributed by atoms with van der Waals surface area (Å²) in [5.41, 5.74) is 5.29. The Labute approximate surface area is 205 Å². The SMILES string of the molecule is Cc1cccc(-c2cnc(-c3ccc(OC(C)C)c(C#N)c3)s2)c1CCCN1CC[C@H](N=O)C1. The summed E-state index contributed by atoms with van der Waals surface area (Å²) in [5, 5.41) is 13.7. The molecule has 34 heavy (non-hydrogen) atoms. The fraction of sp³-hybridized carbons (Fsp3) is 0.407. The number of hydrogen-bond acceptors (Lipinski definition) is 7. The van der Waals surface area contributed by atoms with Crippen LogP contribution in [0.5, 0.6) is 5.75 Å². The number of nitriles is 1. The van der Waals surface area contributed by atoms with Gasteiger partial charge in [-0.25, -0.2) is 4.98 Å². The lowest BCUT2D eigenvalue weighted by Crippen LogP contribution is -2.23. The van der Waals surface area contributed by atoms with Crippen molar-refractivity contribution < 1.29 is 4.74 Å². The van der Waals surface area contributed by atoms with Gasteiger partial charge in [0, 0.05) is 24.8 Å². The maximum atomic E-state index is 10.8. The molecule has 0 aliphatic carbocycles. The summed E-state index contributed by atoms with van der Waals surface area (Å²) >= 11 is 1.64. The Hall–Kier alpha value is -3.08. The molecule has 1 fully saturated rings. The summed E-state index contributed by atoms with van der Waals surface area (Å²) in [6.07, 6.45) is 4.84. The number of likely N-dealkylation sites (tertiary alicyclic amines) is 1. The van der Waals surface area contributed by atoms with Gasteiger partial charge in [-0.1, -0.05) is 23.4 Å². The van der Waals surface area contributed by atoms with Gasteiger partial charge in [-0.3, -0.25) is 0 Å². The molecule has 7 heteroatoms. The molecule has 1 aromatic heterocycles. The molecule has 0 spiro atoms. The van der Waals surface area contributed by atoms with E-state index >= 15 is 0 Å². The zero-order valence-electron chi connectivity index (χ0n) is 20.0. The van der Waals surface area contributed by atoms with Gasteiger partial charge in [-0.15, -0.1) is 11.3 Å². The van der Waals surface area contributed by atoms with E-state index in [9.17, 15) is 10.2 Å². The Morgan fingerprint density at radius 3 is 2.91 bits per heavy atom. The first-order valence-corrected chi connectivity index (χ1v) is 12.6. The van der Waals surface area contributed by atoms with E-state index in [2.05, 4.69) is 46.3 Å². The molecule has 0 amide bonds. The van der Waals surface area contributed by atoms with E-state index in [0.717, 1.165) is 54.3 Å². The Kier molecular flexibility index (Phi) is 7.71. The fourth-order valence-electron chi connectivity index (χ4n) is 4.48. The molecule has 0 N–H and O–H groups in total. The van der Waals surface area contributed by atoms with E-state index in [1.807, 2.05) is 38.2 Å². The Balaban J connectivity index is 1.52. The second-order valence-corrected chi connectivity index (χ2v) is 10.1. The minimum atomic E-state index is -0.0443. The van der Waals surface area contributed by atoms with Gasteiger partial charge in [0.15, 0.2) is 0 Å². The zero-order valence-corrected chi connectivity index (χ0v) is 20.8. The minimum Gasteiger partial charge on any atom is -0.490 e. The molecule has 4 rings (SSSR count). The lowest BCUT2D eigenvalue weighted by atomic mass is 9.97. The molecule has 1 atom stereocenters. The lowest BCUT2D eigenvalue weighted by Gasteiger charge is -2.16. The van der Waals surface area contributed by atoms with Crippen LogP contribution in [0, 0.1) is 23.2 Å². The van der Waals surface area contributed by atoms with Crippen LogP contribution in [0.25, 0.3) is 21.0 Å². The number of benzene rings is 2. The van der Waals surface area contributed by atoms with Gasteiger partial charge in [0.2, 0.25) is 0 Å². The van der Waals surface area contributed by atoms with E-state index in [4.69, 9.17) is 4.74 Å². The number of thiazole rings is 1. The summed E-state index contributed by atoms with van der Waals surface area (Å²) in [5.74, 6) is 0.604. The van der Waals surface area contributed by atoms with E-state index in [1.54, 1.807) is 11.3 Å². The van der Waals surface area contributed by atoms with E-state index in [1.165, 1.54) is 16.7 Å². The molecule has 2 aromatic carbocycles. The number of nitroso groups, excluding NO2 is 1. The van der Waals surface area contributed by atoms with Crippen molar-refractivity contribution in [2.24, 2.45) is 5.18 Å². The molecule has 0 saturated carbocycles. The highest BCUT2D eigenvalue weighted by molar-refractivity contribution is 7.18. The highest BCUT2D eigenvalue weighted by Crippen LogP contribution is 2.36. The average Bonchev–Trinajstić information content (AvgIpc) is 3.50. The monoisotopic (exact) mass is 474 g/mol. The maximum Gasteiger partial charge on any atom is 0.137 e. The Morgan fingerprint density at radius 1 is 1.32 bits per heavy atom. The van der Waals surface area contributed by atoms with Crippen LogP contribution in [0.2, 0.25) is 0 Å². The smallest absolute Gasteiger partial charge is 0.137 e. The molecule has 3 aromatic rings. The molecule has 176 valence electrons. The van der Waals surface area contributed by atoms with Crippen LogP contribution in [-0.2, 0) is 6.42 Å². The van der Waals surface area contributed by atoms with Crippen molar-refractivity contribution in [1.82, 2.24) is 9.88 Å². The number of rotatable bonds is 9. The molecule has 1 aliphatic heterocycles. The standard InChI is InChI=1S/C27H30N4O2S/c1-18(2)33-25-10-9-20(14-21(25)15-28)27-29-16-26(34-27)24-7-4-6-19(3)23(24)8-5-12-31-13-11-22(17-31)30-32/h4,6-7,9-10,14,16,18,22H,5,8,11-13,17H2,1-3H3/t22-/m0/s1. The van der Waals surface area contributed by atoms with Gasteiger partial charge in [-0.05, 0) is 81.5 Å². The van der Waals surface area contributed by atoms with Gasteiger partial charge in [0.1, 0.15) is 22.9 Å². The molecule has 2 heterocycles. The maximum absolute atomic E-state index is 10.8. The number of nitrogens with zero attached hydrogens (tertiary/aromatic N) is 4. The van der Waals surface area contributed by atoms with Gasteiger partial charge in [0.05, 0.1) is 16.5 Å². The highest BCUT2D eigenvalue weighted by atomic mass is 32.1. The normalized spacial score (nSPS) is 16.0. The van der Waals surface area contributed by atoms with Gasteiger partial charge in [0.25, 0.3) is 0 Å². The van der Waals surface area contributed by atoms with Gasteiger partial charge >= 0.3 is 0 Å². The second kappa shape index (κ2) is 10.9. The van der Waals surface area contributed by atoms with Crippen molar-refractivity contribution in [2.45, 2.75) is 52.2 Å². The Morgan fingerprint density at radius 2 is 2.18 bits per heavy atom. The van der Waals surface area contributed by atoms with Gasteiger partial charge in [-0.2, -0.15) is 10.2 Å². The zero-order chi connectivity index (χ0) is 24.1. The van der Waals surface area contributed by atoms with Crippen LogP contribution in [0.15, 0.2) is 47.8 Å². The van der Waals surface area contributed by atoms with Crippen molar-refractivity contribution in [3.05, 3.63) is 64.2 Å². The number of ether oxygens (including phenoxy) is 1. The molecule has 0 bridgehead atoms. The third-order valence-electron chi connectivity index (χ3n) is 6.19. The molecule has 6 nitrogen and oxygen atoms in total. The fourth-order valence-corrected chi connectivity index (χ4v) is 5.45. The molecule has 0 radical (unpaired) electrons. The van der Waals surface area contributed by atoms with Crippen LogP contribution >= 0.6 is 11.3 Å². The van der Waals surface area contributed by atoms with Crippen molar-refractivity contribution in [2.75, 3.05) is 19.6 Å². The second-order valence-electron chi connectivity index (χ2n) is 9.07. The van der Waals surface area contributed by atoms with Crippen LogP contribution in [0.4, 0.5) is 0 Å². The first-order chi connectivity index (χ1) is 16.5. The highest BCUT2D eigenvalue weighted by Gasteiger charge is 2.22. The van der Waals surface area contributed by atoms with Crippen LogP contribution in [0.1, 0.15) is 43.4 Å². The van der Waals surface area contributed by atoms with Crippen molar-refractivity contribution >= 4 is 11.3 Å². The predicted octanol–water partition coefficient (Wildman–Crippen LogP) is 6.22. The van der Waals surface area contributed by atoms with Crippen molar-refractivity contribution in [3.63, 3.8) is 0 Å². The van der Waals surface area contributed by atoms with Crippen molar-refractivity contribution in [1.29, 1.82) is 5.26 Å².